The molecule has 0 fully saturated rings. The Morgan fingerprint density at radius 2 is 1.67 bits per heavy atom. The molecule has 128 valence electrons. The molecule has 0 heterocycles. The average Bonchev–Trinajstić information content (AvgIpc) is 2.63. The van der Waals surface area contributed by atoms with Gasteiger partial charge < -0.3 is 15.0 Å². The van der Waals surface area contributed by atoms with Gasteiger partial charge in [0, 0.05) is 18.7 Å². The van der Waals surface area contributed by atoms with Gasteiger partial charge in [0.1, 0.15) is 12.4 Å². The minimum absolute atomic E-state index is 0.0415. The standard InChI is InChI=1S/C20H26N2O2/c1-3-22(4-2)15-14-20(23)21-18-10-12-19(13-11-18)24-16-17-8-6-5-7-9-17/h5-13H,3-4,14-16H2,1-2H3,(H,21,23). The normalized spacial score (nSPS) is 10.6. The molecule has 2 rings (SSSR count). The number of nitrogens with zero attached hydrogens (tertiary/aromatic N) is 1. The predicted octanol–water partition coefficient (Wildman–Crippen LogP) is 3.94. The second-order valence-corrected chi connectivity index (χ2v) is 5.62. The van der Waals surface area contributed by atoms with Crippen LogP contribution in [0, 0.1) is 0 Å². The Balaban J connectivity index is 1.78. The van der Waals surface area contributed by atoms with E-state index in [-0.39, 0.29) is 5.91 Å². The Hall–Kier alpha value is -2.33. The quantitative estimate of drug-likeness (QED) is 0.759. The lowest BCUT2D eigenvalue weighted by Crippen LogP contribution is -2.27. The number of nitrogens with one attached hydrogen (secondary N) is 1. The van der Waals surface area contributed by atoms with Crippen LogP contribution >= 0.6 is 0 Å². The molecule has 0 radical (unpaired) electrons. The lowest BCUT2D eigenvalue weighted by molar-refractivity contribution is -0.116. The van der Waals surface area contributed by atoms with Gasteiger partial charge >= 0.3 is 0 Å². The van der Waals surface area contributed by atoms with E-state index in [0.717, 1.165) is 36.6 Å². The topological polar surface area (TPSA) is 41.6 Å². The van der Waals surface area contributed by atoms with Crippen molar-refractivity contribution < 1.29 is 9.53 Å². The highest BCUT2D eigenvalue weighted by Crippen LogP contribution is 2.17. The van der Waals surface area contributed by atoms with Crippen LogP contribution in [0.2, 0.25) is 0 Å². The number of rotatable bonds is 9. The summed E-state index contributed by atoms with van der Waals surface area (Å²) < 4.78 is 5.74. The zero-order chi connectivity index (χ0) is 17.2. The van der Waals surface area contributed by atoms with Gasteiger partial charge in [0.2, 0.25) is 5.91 Å². The first-order valence-corrected chi connectivity index (χ1v) is 8.50. The summed E-state index contributed by atoms with van der Waals surface area (Å²) in [6.07, 6.45) is 0.508. The summed E-state index contributed by atoms with van der Waals surface area (Å²) in [4.78, 5) is 14.2. The number of carbonyl (C=O) groups excluding carboxylic acids is 1. The first kappa shape index (κ1) is 18.0. The summed E-state index contributed by atoms with van der Waals surface area (Å²) in [5.74, 6) is 0.833. The van der Waals surface area contributed by atoms with Crippen molar-refractivity contribution in [3.05, 3.63) is 60.2 Å². The number of ether oxygens (including phenoxy) is 1. The van der Waals surface area contributed by atoms with Crippen molar-refractivity contribution in [3.8, 4) is 5.75 Å². The number of amides is 1. The van der Waals surface area contributed by atoms with Crippen molar-refractivity contribution in [2.75, 3.05) is 25.0 Å². The third-order valence-electron chi connectivity index (χ3n) is 3.94. The summed E-state index contributed by atoms with van der Waals surface area (Å²) in [5.41, 5.74) is 1.93. The van der Waals surface area contributed by atoms with E-state index in [0.29, 0.717) is 13.0 Å². The largest absolute Gasteiger partial charge is 0.489 e. The van der Waals surface area contributed by atoms with E-state index in [9.17, 15) is 4.79 Å². The van der Waals surface area contributed by atoms with Gasteiger partial charge in [0.05, 0.1) is 0 Å². The van der Waals surface area contributed by atoms with Crippen molar-refractivity contribution in [1.82, 2.24) is 4.90 Å². The van der Waals surface area contributed by atoms with Crippen molar-refractivity contribution >= 4 is 11.6 Å². The van der Waals surface area contributed by atoms with Crippen LogP contribution in [0.1, 0.15) is 25.8 Å². The fraction of sp³-hybridized carbons (Fsp3) is 0.350. The van der Waals surface area contributed by atoms with E-state index in [4.69, 9.17) is 4.74 Å². The number of anilines is 1. The van der Waals surface area contributed by atoms with Gasteiger partial charge in [-0.15, -0.1) is 0 Å². The highest BCUT2D eigenvalue weighted by Gasteiger charge is 2.06. The molecule has 0 aromatic heterocycles. The second-order valence-electron chi connectivity index (χ2n) is 5.62. The van der Waals surface area contributed by atoms with Crippen molar-refractivity contribution in [1.29, 1.82) is 0 Å². The van der Waals surface area contributed by atoms with Gasteiger partial charge in [-0.2, -0.15) is 0 Å². The van der Waals surface area contributed by atoms with Crippen LogP contribution in [0.5, 0.6) is 5.75 Å². The van der Waals surface area contributed by atoms with Crippen LogP contribution in [-0.4, -0.2) is 30.4 Å². The SMILES string of the molecule is CCN(CC)CCC(=O)Nc1ccc(OCc2ccccc2)cc1. The van der Waals surface area contributed by atoms with Crippen LogP contribution in [0.25, 0.3) is 0 Å². The van der Waals surface area contributed by atoms with E-state index < -0.39 is 0 Å². The van der Waals surface area contributed by atoms with Crippen molar-refractivity contribution in [3.63, 3.8) is 0 Å². The average molecular weight is 326 g/mol. The Bertz CT molecular complexity index is 607. The van der Waals surface area contributed by atoms with Gasteiger partial charge in [0.25, 0.3) is 0 Å². The molecule has 0 aliphatic carbocycles. The Morgan fingerprint density at radius 1 is 1.00 bits per heavy atom. The van der Waals surface area contributed by atoms with E-state index in [1.165, 1.54) is 0 Å². The summed E-state index contributed by atoms with van der Waals surface area (Å²) >= 11 is 0. The lowest BCUT2D eigenvalue weighted by atomic mass is 10.2. The molecule has 2 aromatic rings. The van der Waals surface area contributed by atoms with Crippen molar-refractivity contribution in [2.24, 2.45) is 0 Å². The van der Waals surface area contributed by atoms with Gasteiger partial charge in [-0.25, -0.2) is 0 Å². The molecule has 0 bridgehead atoms. The van der Waals surface area contributed by atoms with Crippen LogP contribution in [0.15, 0.2) is 54.6 Å². The third kappa shape index (κ3) is 6.05. The van der Waals surface area contributed by atoms with Gasteiger partial charge in [-0.05, 0) is 42.9 Å². The summed E-state index contributed by atoms with van der Waals surface area (Å²) in [7, 11) is 0. The zero-order valence-electron chi connectivity index (χ0n) is 14.5. The maximum Gasteiger partial charge on any atom is 0.225 e. The molecular weight excluding hydrogens is 300 g/mol. The van der Waals surface area contributed by atoms with Crippen molar-refractivity contribution in [2.45, 2.75) is 26.9 Å². The smallest absolute Gasteiger partial charge is 0.225 e. The maximum absolute atomic E-state index is 12.0. The molecule has 0 aliphatic rings. The van der Waals surface area contributed by atoms with Crippen LogP contribution in [0.3, 0.4) is 0 Å². The monoisotopic (exact) mass is 326 g/mol. The zero-order valence-corrected chi connectivity index (χ0v) is 14.5. The molecule has 0 saturated heterocycles. The number of carbonyl (C=O) groups is 1. The number of hydrogen-bond donors (Lipinski definition) is 1. The molecule has 0 spiro atoms. The molecular formula is C20H26N2O2. The third-order valence-corrected chi connectivity index (χ3v) is 3.94. The molecule has 0 saturated carbocycles. The van der Waals surface area contributed by atoms with E-state index in [1.807, 2.05) is 54.6 Å². The first-order valence-electron chi connectivity index (χ1n) is 8.50. The molecule has 0 aliphatic heterocycles. The van der Waals surface area contributed by atoms with E-state index in [1.54, 1.807) is 0 Å². The Morgan fingerprint density at radius 3 is 2.29 bits per heavy atom. The summed E-state index contributed by atoms with van der Waals surface area (Å²) in [6.45, 7) is 7.48. The fourth-order valence-corrected chi connectivity index (χ4v) is 2.40. The Kier molecular flexibility index (Phi) is 7.30. The van der Waals surface area contributed by atoms with Gasteiger partial charge in [-0.1, -0.05) is 44.2 Å². The second kappa shape index (κ2) is 9.73. The van der Waals surface area contributed by atoms with E-state index >= 15 is 0 Å². The molecule has 4 heteroatoms. The highest BCUT2D eigenvalue weighted by molar-refractivity contribution is 5.90. The predicted molar refractivity (Wildman–Crippen MR) is 98.3 cm³/mol. The molecule has 0 unspecified atom stereocenters. The molecule has 1 N–H and O–H groups in total. The lowest BCUT2D eigenvalue weighted by Gasteiger charge is -2.17. The van der Waals surface area contributed by atoms with Crippen LogP contribution in [-0.2, 0) is 11.4 Å². The van der Waals surface area contributed by atoms with E-state index in [2.05, 4.69) is 24.1 Å². The highest BCUT2D eigenvalue weighted by atomic mass is 16.5. The minimum atomic E-state index is 0.0415. The molecule has 0 atom stereocenters. The number of benzene rings is 2. The van der Waals surface area contributed by atoms with Gasteiger partial charge in [-0.3, -0.25) is 4.79 Å². The van der Waals surface area contributed by atoms with Gasteiger partial charge in [0.15, 0.2) is 0 Å². The fourth-order valence-electron chi connectivity index (χ4n) is 2.40. The Labute approximate surface area is 144 Å². The summed E-state index contributed by atoms with van der Waals surface area (Å²) in [5, 5.41) is 2.93. The number of hydrogen-bond acceptors (Lipinski definition) is 3. The molecule has 4 nitrogen and oxygen atoms in total. The molecule has 2 aromatic carbocycles. The molecule has 24 heavy (non-hydrogen) atoms. The van der Waals surface area contributed by atoms with Crippen LogP contribution in [0.4, 0.5) is 5.69 Å². The van der Waals surface area contributed by atoms with Crippen LogP contribution < -0.4 is 10.1 Å². The minimum Gasteiger partial charge on any atom is -0.489 e. The maximum atomic E-state index is 12.0. The molecule has 1 amide bonds. The first-order chi connectivity index (χ1) is 11.7. The summed E-state index contributed by atoms with van der Waals surface area (Å²) in [6, 6.07) is 17.5.